The summed E-state index contributed by atoms with van der Waals surface area (Å²) in [7, 11) is 0. The van der Waals surface area contributed by atoms with Crippen molar-refractivity contribution in [1.29, 1.82) is 0 Å². The highest BCUT2D eigenvalue weighted by atomic mass is 19.1. The first-order valence-corrected chi connectivity index (χ1v) is 6.02. The summed E-state index contributed by atoms with van der Waals surface area (Å²) in [5.41, 5.74) is -1.28. The van der Waals surface area contributed by atoms with Crippen molar-refractivity contribution in [3.05, 3.63) is 38.4 Å². The molecule has 1 aliphatic rings. The van der Waals surface area contributed by atoms with Gasteiger partial charge in [0.05, 0.1) is 22.5 Å². The SMILES string of the molecule is O=[N+]([O-])c1ccc(O[C@H]2OC[C@@H](O)[C@H](O)[C@H]2F)c([N+](=O)[O-])c1. The molecular weight excluding hydrogens is 307 g/mol. The van der Waals surface area contributed by atoms with Crippen molar-refractivity contribution in [2.75, 3.05) is 6.61 Å². The van der Waals surface area contributed by atoms with Crippen LogP contribution in [0.25, 0.3) is 0 Å². The molecule has 1 aromatic carbocycles. The molecule has 1 aliphatic heterocycles. The Hall–Kier alpha value is -2.37. The Morgan fingerprint density at radius 2 is 1.95 bits per heavy atom. The number of nitrogens with zero attached hydrogens (tertiary/aromatic N) is 2. The third kappa shape index (κ3) is 3.10. The largest absolute Gasteiger partial charge is 0.454 e. The molecule has 0 bridgehead atoms. The second kappa shape index (κ2) is 6.17. The van der Waals surface area contributed by atoms with E-state index in [2.05, 4.69) is 0 Å². The minimum absolute atomic E-state index is 0.424. The Balaban J connectivity index is 2.25. The number of hydrogen-bond acceptors (Lipinski definition) is 8. The Morgan fingerprint density at radius 1 is 1.27 bits per heavy atom. The van der Waals surface area contributed by atoms with Crippen molar-refractivity contribution in [3.63, 3.8) is 0 Å². The molecule has 0 amide bonds. The number of aliphatic hydroxyl groups is 2. The molecule has 4 atom stereocenters. The molecule has 0 spiro atoms. The summed E-state index contributed by atoms with van der Waals surface area (Å²) in [6.07, 6.45) is -7.03. The van der Waals surface area contributed by atoms with E-state index in [0.717, 1.165) is 12.1 Å². The number of hydrogen-bond donors (Lipinski definition) is 2. The predicted molar refractivity (Wildman–Crippen MR) is 67.0 cm³/mol. The van der Waals surface area contributed by atoms with Gasteiger partial charge in [0.1, 0.15) is 12.2 Å². The number of non-ortho nitro benzene ring substituents is 1. The van der Waals surface area contributed by atoms with Gasteiger partial charge in [-0.3, -0.25) is 20.2 Å². The van der Waals surface area contributed by atoms with Crippen LogP contribution in [0.1, 0.15) is 0 Å². The minimum Gasteiger partial charge on any atom is -0.454 e. The molecule has 0 radical (unpaired) electrons. The molecule has 0 unspecified atom stereocenters. The summed E-state index contributed by atoms with van der Waals surface area (Å²) in [5.74, 6) is -0.452. The molecule has 1 fully saturated rings. The van der Waals surface area contributed by atoms with E-state index in [0.29, 0.717) is 6.07 Å². The Kier molecular flexibility index (Phi) is 4.49. The van der Waals surface area contributed by atoms with Crippen molar-refractivity contribution >= 4 is 11.4 Å². The van der Waals surface area contributed by atoms with Crippen molar-refractivity contribution in [3.8, 4) is 5.75 Å². The average Bonchev–Trinajstić information content (AvgIpc) is 2.47. The lowest BCUT2D eigenvalue weighted by Crippen LogP contribution is -2.52. The highest BCUT2D eigenvalue weighted by Gasteiger charge is 2.41. The molecule has 0 aromatic heterocycles. The molecule has 2 N–H and O–H groups in total. The minimum atomic E-state index is -2.14. The van der Waals surface area contributed by atoms with E-state index in [4.69, 9.17) is 9.47 Å². The summed E-state index contributed by atoms with van der Waals surface area (Å²) >= 11 is 0. The average molecular weight is 318 g/mol. The van der Waals surface area contributed by atoms with Gasteiger partial charge in [0.2, 0.25) is 12.0 Å². The zero-order valence-electron chi connectivity index (χ0n) is 10.9. The van der Waals surface area contributed by atoms with Crippen molar-refractivity contribution in [2.45, 2.75) is 24.7 Å². The van der Waals surface area contributed by atoms with Crippen molar-refractivity contribution in [2.24, 2.45) is 0 Å². The fraction of sp³-hybridized carbons (Fsp3) is 0.455. The fourth-order valence-corrected chi connectivity index (χ4v) is 1.84. The van der Waals surface area contributed by atoms with E-state index in [1.165, 1.54) is 0 Å². The lowest BCUT2D eigenvalue weighted by atomic mass is 10.1. The molecule has 120 valence electrons. The number of halogens is 1. The van der Waals surface area contributed by atoms with Gasteiger partial charge in [0, 0.05) is 6.07 Å². The molecule has 10 nitrogen and oxygen atoms in total. The number of benzene rings is 1. The van der Waals surface area contributed by atoms with Gasteiger partial charge in [-0.25, -0.2) is 4.39 Å². The second-order valence-corrected chi connectivity index (χ2v) is 4.49. The summed E-state index contributed by atoms with van der Waals surface area (Å²) in [6.45, 7) is -0.424. The van der Waals surface area contributed by atoms with Crippen LogP contribution in [-0.2, 0) is 4.74 Å². The van der Waals surface area contributed by atoms with Crippen LogP contribution < -0.4 is 4.74 Å². The first-order valence-electron chi connectivity index (χ1n) is 6.02. The van der Waals surface area contributed by atoms with Crippen LogP contribution in [0.5, 0.6) is 5.75 Å². The maximum Gasteiger partial charge on any atom is 0.317 e. The number of alkyl halides is 1. The smallest absolute Gasteiger partial charge is 0.317 e. The van der Waals surface area contributed by atoms with E-state index >= 15 is 0 Å². The Bertz CT molecular complexity index is 597. The topological polar surface area (TPSA) is 145 Å². The Labute approximate surface area is 122 Å². The fourth-order valence-electron chi connectivity index (χ4n) is 1.84. The van der Waals surface area contributed by atoms with Crippen LogP contribution in [-0.4, -0.2) is 51.3 Å². The number of nitro benzene ring substituents is 2. The molecular formula is C11H11FN2O8. The summed E-state index contributed by atoms with van der Waals surface area (Å²) < 4.78 is 23.6. The predicted octanol–water partition coefficient (Wildman–Crippen LogP) is 0.298. The van der Waals surface area contributed by atoms with E-state index in [-0.39, 0.29) is 0 Å². The van der Waals surface area contributed by atoms with E-state index in [9.17, 15) is 34.8 Å². The number of aliphatic hydroxyl groups excluding tert-OH is 2. The molecule has 0 saturated carbocycles. The maximum absolute atomic E-state index is 13.8. The van der Waals surface area contributed by atoms with Crippen molar-refractivity contribution in [1.82, 2.24) is 0 Å². The zero-order chi connectivity index (χ0) is 16.4. The van der Waals surface area contributed by atoms with Crippen LogP contribution >= 0.6 is 0 Å². The number of rotatable bonds is 4. The van der Waals surface area contributed by atoms with Gasteiger partial charge in [-0.1, -0.05) is 0 Å². The van der Waals surface area contributed by atoms with E-state index in [1.54, 1.807) is 0 Å². The van der Waals surface area contributed by atoms with Gasteiger partial charge in [-0.2, -0.15) is 0 Å². The number of ether oxygens (including phenoxy) is 2. The summed E-state index contributed by atoms with van der Waals surface area (Å²) in [4.78, 5) is 19.8. The van der Waals surface area contributed by atoms with E-state index in [1.807, 2.05) is 0 Å². The first-order chi connectivity index (χ1) is 10.3. The van der Waals surface area contributed by atoms with Crippen LogP contribution in [0.2, 0.25) is 0 Å². The van der Waals surface area contributed by atoms with Gasteiger partial charge < -0.3 is 19.7 Å². The van der Waals surface area contributed by atoms with Crippen LogP contribution in [0.15, 0.2) is 18.2 Å². The van der Waals surface area contributed by atoms with Crippen LogP contribution in [0.3, 0.4) is 0 Å². The number of nitro groups is 2. The third-order valence-corrected chi connectivity index (χ3v) is 3.00. The maximum atomic E-state index is 13.8. The summed E-state index contributed by atoms with van der Waals surface area (Å²) in [5, 5.41) is 40.1. The Morgan fingerprint density at radius 3 is 2.55 bits per heavy atom. The molecule has 1 heterocycles. The second-order valence-electron chi connectivity index (χ2n) is 4.49. The molecule has 1 saturated heterocycles. The highest BCUT2D eigenvalue weighted by Crippen LogP contribution is 2.33. The van der Waals surface area contributed by atoms with Gasteiger partial charge in [0.25, 0.3) is 5.69 Å². The lowest BCUT2D eigenvalue weighted by molar-refractivity contribution is -0.395. The van der Waals surface area contributed by atoms with Gasteiger partial charge >= 0.3 is 5.69 Å². The first kappa shape index (κ1) is 16.0. The normalized spacial score (nSPS) is 28.1. The molecule has 11 heteroatoms. The molecule has 0 aliphatic carbocycles. The van der Waals surface area contributed by atoms with Crippen molar-refractivity contribution < 1.29 is 33.9 Å². The van der Waals surface area contributed by atoms with Gasteiger partial charge in [-0.05, 0) is 6.07 Å². The lowest BCUT2D eigenvalue weighted by Gasteiger charge is -2.33. The molecule has 2 rings (SSSR count). The monoisotopic (exact) mass is 318 g/mol. The van der Waals surface area contributed by atoms with Gasteiger partial charge in [-0.15, -0.1) is 0 Å². The summed E-state index contributed by atoms with van der Waals surface area (Å²) in [6, 6.07) is 2.55. The van der Waals surface area contributed by atoms with Gasteiger partial charge in [0.15, 0.2) is 6.17 Å². The third-order valence-electron chi connectivity index (χ3n) is 3.00. The quantitative estimate of drug-likeness (QED) is 0.595. The molecule has 1 aromatic rings. The van der Waals surface area contributed by atoms with Crippen LogP contribution in [0, 0.1) is 20.2 Å². The van der Waals surface area contributed by atoms with E-state index < -0.39 is 58.2 Å². The zero-order valence-corrected chi connectivity index (χ0v) is 10.9. The standard InChI is InChI=1S/C11H11FN2O8/c12-9-10(16)7(15)4-21-11(9)22-8-2-1-5(13(17)18)3-6(8)14(19)20/h1-3,7,9-11,15-16H,4H2/t7-,9-,10+,11-/m1/s1. The highest BCUT2D eigenvalue weighted by molar-refractivity contribution is 5.53. The van der Waals surface area contributed by atoms with Crippen LogP contribution in [0.4, 0.5) is 15.8 Å². The molecule has 22 heavy (non-hydrogen) atoms.